The van der Waals surface area contributed by atoms with Gasteiger partial charge in [0.2, 0.25) is 10.0 Å². The van der Waals surface area contributed by atoms with Crippen LogP contribution in [0.2, 0.25) is 0 Å². The Kier molecular flexibility index (Phi) is 6.18. The number of hydrogen-bond acceptors (Lipinski definition) is 5. The van der Waals surface area contributed by atoms with Gasteiger partial charge in [-0.2, -0.15) is 0 Å². The number of aliphatic imine (C=N–C) groups is 1. The lowest BCUT2D eigenvalue weighted by Gasteiger charge is -2.07. The maximum Gasteiger partial charge on any atom is 0.250 e. The minimum Gasteiger partial charge on any atom is -0.497 e. The van der Waals surface area contributed by atoms with Crippen molar-refractivity contribution >= 4 is 33.0 Å². The van der Waals surface area contributed by atoms with Gasteiger partial charge in [-0.3, -0.25) is 4.99 Å². The van der Waals surface area contributed by atoms with E-state index in [2.05, 4.69) is 15.0 Å². The highest BCUT2D eigenvalue weighted by atomic mass is 32.2. The summed E-state index contributed by atoms with van der Waals surface area (Å²) in [6.45, 7) is 2.27. The van der Waals surface area contributed by atoms with E-state index in [4.69, 9.17) is 10.5 Å². The predicted molar refractivity (Wildman–Crippen MR) is 97.4 cm³/mol. The standard InChI is InChI=1S/C15H20N4O3S2/c1-11-3-8-14(23-11)24(20,21)18-10-9-17-15(16)19-12-4-6-13(22-2)7-5-12/h3-8,18H,9-10H2,1-2H3,(H3,16,17,19). The van der Waals surface area contributed by atoms with E-state index in [0.717, 1.165) is 16.3 Å². The molecule has 0 spiro atoms. The fourth-order valence-electron chi connectivity index (χ4n) is 1.85. The molecule has 0 amide bonds. The Morgan fingerprint density at radius 3 is 2.54 bits per heavy atom. The summed E-state index contributed by atoms with van der Waals surface area (Å²) < 4.78 is 31.9. The number of nitrogens with one attached hydrogen (secondary N) is 2. The molecule has 4 N–H and O–H groups in total. The van der Waals surface area contributed by atoms with Gasteiger partial charge in [-0.1, -0.05) is 0 Å². The second-order valence-electron chi connectivity index (χ2n) is 4.88. The van der Waals surface area contributed by atoms with E-state index in [1.807, 2.05) is 19.1 Å². The molecule has 1 heterocycles. The third-order valence-corrected chi connectivity index (χ3v) is 5.98. The van der Waals surface area contributed by atoms with Gasteiger partial charge in [0, 0.05) is 17.1 Å². The second kappa shape index (κ2) is 8.13. The minimum absolute atomic E-state index is 0.171. The number of hydrogen-bond donors (Lipinski definition) is 3. The summed E-state index contributed by atoms with van der Waals surface area (Å²) in [5, 5.41) is 2.92. The highest BCUT2D eigenvalue weighted by Crippen LogP contribution is 2.20. The molecule has 0 aliphatic heterocycles. The van der Waals surface area contributed by atoms with E-state index in [1.54, 1.807) is 31.4 Å². The Balaban J connectivity index is 1.82. The van der Waals surface area contributed by atoms with Gasteiger partial charge in [0.05, 0.1) is 13.7 Å². The van der Waals surface area contributed by atoms with Crippen molar-refractivity contribution < 1.29 is 13.2 Å². The normalized spacial score (nSPS) is 12.2. The predicted octanol–water partition coefficient (Wildman–Crippen LogP) is 1.77. The topological polar surface area (TPSA) is 106 Å². The van der Waals surface area contributed by atoms with E-state index < -0.39 is 10.0 Å². The van der Waals surface area contributed by atoms with Gasteiger partial charge in [0.15, 0.2) is 5.96 Å². The molecule has 0 unspecified atom stereocenters. The quantitative estimate of drug-likeness (QED) is 0.392. The fourth-order valence-corrected chi connectivity index (χ4v) is 4.19. The first-order chi connectivity index (χ1) is 11.4. The highest BCUT2D eigenvalue weighted by molar-refractivity contribution is 7.91. The Labute approximate surface area is 145 Å². The molecule has 0 aliphatic rings. The molecular formula is C15H20N4O3S2. The van der Waals surface area contributed by atoms with Crippen molar-refractivity contribution in [1.82, 2.24) is 4.72 Å². The van der Waals surface area contributed by atoms with E-state index in [-0.39, 0.29) is 19.0 Å². The zero-order valence-electron chi connectivity index (χ0n) is 13.4. The molecule has 130 valence electrons. The van der Waals surface area contributed by atoms with Crippen molar-refractivity contribution in [3.63, 3.8) is 0 Å². The van der Waals surface area contributed by atoms with Gasteiger partial charge in [-0.25, -0.2) is 13.1 Å². The van der Waals surface area contributed by atoms with Crippen molar-refractivity contribution in [1.29, 1.82) is 0 Å². The number of anilines is 1. The number of nitrogens with zero attached hydrogens (tertiary/aromatic N) is 1. The number of ether oxygens (including phenoxy) is 1. The molecule has 24 heavy (non-hydrogen) atoms. The van der Waals surface area contributed by atoms with Gasteiger partial charge < -0.3 is 15.8 Å². The molecule has 1 aromatic heterocycles. The van der Waals surface area contributed by atoms with Crippen LogP contribution in [-0.2, 0) is 10.0 Å². The van der Waals surface area contributed by atoms with Crippen LogP contribution in [0, 0.1) is 6.92 Å². The SMILES string of the molecule is COc1ccc(NC(N)=NCCNS(=O)(=O)c2ccc(C)s2)cc1. The van der Waals surface area contributed by atoms with Crippen molar-refractivity contribution in [3.05, 3.63) is 41.3 Å². The maximum atomic E-state index is 12.0. The summed E-state index contributed by atoms with van der Waals surface area (Å²) in [5.74, 6) is 0.959. The van der Waals surface area contributed by atoms with Crippen LogP contribution in [-0.4, -0.2) is 34.6 Å². The van der Waals surface area contributed by atoms with Crippen LogP contribution in [0.25, 0.3) is 0 Å². The van der Waals surface area contributed by atoms with Gasteiger partial charge in [0.25, 0.3) is 0 Å². The Morgan fingerprint density at radius 2 is 1.96 bits per heavy atom. The number of rotatable bonds is 7. The zero-order valence-corrected chi connectivity index (χ0v) is 15.1. The Bertz CT molecular complexity index is 798. The van der Waals surface area contributed by atoms with Crippen LogP contribution in [0.3, 0.4) is 0 Å². The number of aryl methyl sites for hydroxylation is 1. The molecule has 1 aromatic carbocycles. The third-order valence-electron chi connectivity index (χ3n) is 3.03. The summed E-state index contributed by atoms with van der Waals surface area (Å²) in [7, 11) is -1.89. The van der Waals surface area contributed by atoms with Crippen LogP contribution >= 0.6 is 11.3 Å². The molecule has 0 aliphatic carbocycles. The van der Waals surface area contributed by atoms with E-state index in [1.165, 1.54) is 11.3 Å². The van der Waals surface area contributed by atoms with Crippen LogP contribution < -0.4 is 20.5 Å². The molecule has 0 atom stereocenters. The maximum absolute atomic E-state index is 12.0. The van der Waals surface area contributed by atoms with Crippen molar-refractivity contribution in [2.75, 3.05) is 25.5 Å². The minimum atomic E-state index is -3.48. The van der Waals surface area contributed by atoms with Gasteiger partial charge >= 0.3 is 0 Å². The molecule has 0 radical (unpaired) electrons. The van der Waals surface area contributed by atoms with Crippen LogP contribution in [0.1, 0.15) is 4.88 Å². The van der Waals surface area contributed by atoms with Crippen molar-refractivity contribution in [2.45, 2.75) is 11.1 Å². The number of sulfonamides is 1. The largest absolute Gasteiger partial charge is 0.497 e. The molecule has 2 aromatic rings. The molecule has 0 saturated heterocycles. The Morgan fingerprint density at radius 1 is 1.25 bits per heavy atom. The molecular weight excluding hydrogens is 348 g/mol. The molecule has 0 fully saturated rings. The lowest BCUT2D eigenvalue weighted by Crippen LogP contribution is -2.28. The van der Waals surface area contributed by atoms with E-state index >= 15 is 0 Å². The first-order valence-corrected chi connectivity index (χ1v) is 9.48. The van der Waals surface area contributed by atoms with Gasteiger partial charge in [-0.15, -0.1) is 11.3 Å². The van der Waals surface area contributed by atoms with E-state index in [9.17, 15) is 8.42 Å². The lowest BCUT2D eigenvalue weighted by molar-refractivity contribution is 0.415. The lowest BCUT2D eigenvalue weighted by atomic mass is 10.3. The van der Waals surface area contributed by atoms with Gasteiger partial charge in [0.1, 0.15) is 9.96 Å². The monoisotopic (exact) mass is 368 g/mol. The third kappa shape index (κ3) is 5.22. The first kappa shape index (κ1) is 18.2. The molecule has 9 heteroatoms. The fraction of sp³-hybridized carbons (Fsp3) is 0.267. The number of nitrogens with two attached hydrogens (primary N) is 1. The summed E-state index contributed by atoms with van der Waals surface area (Å²) in [4.78, 5) is 5.04. The van der Waals surface area contributed by atoms with Crippen LogP contribution in [0.5, 0.6) is 5.75 Å². The summed E-state index contributed by atoms with van der Waals surface area (Å²) in [6.07, 6.45) is 0. The number of benzene rings is 1. The number of thiophene rings is 1. The van der Waals surface area contributed by atoms with Crippen molar-refractivity contribution in [3.8, 4) is 5.75 Å². The summed E-state index contributed by atoms with van der Waals surface area (Å²) in [5.41, 5.74) is 6.54. The van der Waals surface area contributed by atoms with Crippen LogP contribution in [0.4, 0.5) is 5.69 Å². The summed E-state index contributed by atoms with van der Waals surface area (Å²) in [6, 6.07) is 10.6. The number of methoxy groups -OCH3 is 1. The Hall–Kier alpha value is -2.10. The van der Waals surface area contributed by atoms with Gasteiger partial charge in [-0.05, 0) is 43.3 Å². The molecule has 2 rings (SSSR count). The van der Waals surface area contributed by atoms with Crippen LogP contribution in [0.15, 0.2) is 45.6 Å². The summed E-state index contributed by atoms with van der Waals surface area (Å²) >= 11 is 1.23. The van der Waals surface area contributed by atoms with E-state index in [0.29, 0.717) is 4.21 Å². The second-order valence-corrected chi connectivity index (χ2v) is 8.17. The first-order valence-electron chi connectivity index (χ1n) is 7.18. The zero-order chi connectivity index (χ0) is 17.6. The van der Waals surface area contributed by atoms with Crippen molar-refractivity contribution in [2.24, 2.45) is 10.7 Å². The number of guanidine groups is 1. The smallest absolute Gasteiger partial charge is 0.250 e. The molecule has 0 saturated carbocycles. The average molecular weight is 368 g/mol. The highest BCUT2D eigenvalue weighted by Gasteiger charge is 2.14. The average Bonchev–Trinajstić information content (AvgIpc) is 3.00. The molecule has 7 nitrogen and oxygen atoms in total. The molecule has 0 bridgehead atoms.